The van der Waals surface area contributed by atoms with Crippen LogP contribution in [0.25, 0.3) is 16.4 Å². The van der Waals surface area contributed by atoms with Crippen molar-refractivity contribution in [2.24, 2.45) is 0 Å². The first-order valence-corrected chi connectivity index (χ1v) is 7.36. The average molecular weight is 348 g/mol. The maximum atomic E-state index is 12.1. The third-order valence-corrected chi connectivity index (χ3v) is 3.86. The van der Waals surface area contributed by atoms with E-state index in [1.807, 2.05) is 18.2 Å². The molecule has 0 saturated carbocycles. The lowest BCUT2D eigenvalue weighted by Gasteiger charge is -2.07. The molecule has 0 aliphatic rings. The number of fused-ring (bicyclic) bond motifs is 3. The van der Waals surface area contributed by atoms with Gasteiger partial charge >= 0.3 is 5.97 Å². The molecule has 0 atom stereocenters. The predicted molar refractivity (Wildman–Crippen MR) is 85.5 cm³/mol. The molecule has 21 heavy (non-hydrogen) atoms. The third-order valence-electron chi connectivity index (χ3n) is 3.37. The summed E-state index contributed by atoms with van der Waals surface area (Å²) in [7, 11) is 0. The first-order valence-electron chi connectivity index (χ1n) is 6.57. The Morgan fingerprint density at radius 2 is 2.14 bits per heavy atom. The van der Waals surface area contributed by atoms with Gasteiger partial charge in [-0.15, -0.1) is 0 Å². The molecule has 5 nitrogen and oxygen atoms in total. The molecule has 0 aliphatic heterocycles. The fourth-order valence-corrected chi connectivity index (χ4v) is 2.83. The highest BCUT2D eigenvalue weighted by molar-refractivity contribution is 9.10. The largest absolute Gasteiger partial charge is 0.462 e. The van der Waals surface area contributed by atoms with Crippen LogP contribution >= 0.6 is 15.9 Å². The summed E-state index contributed by atoms with van der Waals surface area (Å²) in [6, 6.07) is 7.54. The SMILES string of the molecule is CCOC(=O)c1c(C)nn2c1cc(N)c1cc(Br)ccc12. The van der Waals surface area contributed by atoms with Crippen LogP contribution in [0.3, 0.4) is 0 Å². The zero-order valence-electron chi connectivity index (χ0n) is 11.7. The molecule has 3 aromatic rings. The van der Waals surface area contributed by atoms with Gasteiger partial charge in [-0.2, -0.15) is 5.10 Å². The minimum absolute atomic E-state index is 0.325. The second kappa shape index (κ2) is 5.04. The number of carbonyl (C=O) groups excluding carboxylic acids is 1. The molecule has 6 heteroatoms. The summed E-state index contributed by atoms with van der Waals surface area (Å²) in [5.74, 6) is -0.374. The van der Waals surface area contributed by atoms with Gasteiger partial charge in [0.1, 0.15) is 5.56 Å². The first-order chi connectivity index (χ1) is 10.0. The van der Waals surface area contributed by atoms with Crippen LogP contribution in [0.2, 0.25) is 0 Å². The van der Waals surface area contributed by atoms with E-state index >= 15 is 0 Å². The summed E-state index contributed by atoms with van der Waals surface area (Å²) >= 11 is 3.43. The molecule has 2 aromatic heterocycles. The topological polar surface area (TPSA) is 69.6 Å². The van der Waals surface area contributed by atoms with Gasteiger partial charge in [0.25, 0.3) is 0 Å². The Kier molecular flexibility index (Phi) is 3.33. The van der Waals surface area contributed by atoms with Crippen LogP contribution in [0.4, 0.5) is 5.69 Å². The molecule has 3 rings (SSSR count). The Morgan fingerprint density at radius 3 is 2.86 bits per heavy atom. The van der Waals surface area contributed by atoms with Crippen LogP contribution in [-0.4, -0.2) is 22.2 Å². The summed E-state index contributed by atoms with van der Waals surface area (Å²) < 4.78 is 7.78. The molecular weight excluding hydrogens is 334 g/mol. The Balaban J connectivity index is 2.39. The van der Waals surface area contributed by atoms with E-state index in [0.29, 0.717) is 29.1 Å². The Bertz CT molecular complexity index is 870. The van der Waals surface area contributed by atoms with Gasteiger partial charge < -0.3 is 10.5 Å². The molecule has 2 heterocycles. The maximum Gasteiger partial charge on any atom is 0.342 e. The van der Waals surface area contributed by atoms with Crippen LogP contribution in [0.15, 0.2) is 28.7 Å². The number of nitrogen functional groups attached to an aromatic ring is 1. The third kappa shape index (κ3) is 2.15. The number of nitrogens with two attached hydrogens (primary N) is 1. The van der Waals surface area contributed by atoms with Crippen molar-refractivity contribution in [1.82, 2.24) is 9.61 Å². The highest BCUT2D eigenvalue weighted by atomic mass is 79.9. The lowest BCUT2D eigenvalue weighted by atomic mass is 10.1. The number of benzene rings is 1. The molecule has 0 fully saturated rings. The molecule has 0 aliphatic carbocycles. The molecule has 0 saturated heterocycles. The highest BCUT2D eigenvalue weighted by Gasteiger charge is 2.20. The van der Waals surface area contributed by atoms with E-state index in [0.717, 1.165) is 15.4 Å². The highest BCUT2D eigenvalue weighted by Crippen LogP contribution is 2.29. The van der Waals surface area contributed by atoms with Gasteiger partial charge in [-0.3, -0.25) is 0 Å². The second-order valence-corrected chi connectivity index (χ2v) is 5.65. The van der Waals surface area contributed by atoms with Crippen molar-refractivity contribution in [2.75, 3.05) is 12.3 Å². The van der Waals surface area contributed by atoms with Crippen LogP contribution in [-0.2, 0) is 4.74 Å². The molecule has 0 bridgehead atoms. The zero-order chi connectivity index (χ0) is 15.1. The lowest BCUT2D eigenvalue weighted by Crippen LogP contribution is -2.06. The maximum absolute atomic E-state index is 12.1. The Morgan fingerprint density at radius 1 is 1.38 bits per heavy atom. The van der Waals surface area contributed by atoms with E-state index in [1.54, 1.807) is 24.4 Å². The van der Waals surface area contributed by atoms with Gasteiger partial charge in [0, 0.05) is 15.5 Å². The number of hydrogen-bond donors (Lipinski definition) is 1. The summed E-state index contributed by atoms with van der Waals surface area (Å²) in [5.41, 5.74) is 9.34. The number of halogens is 1. The number of anilines is 1. The fourth-order valence-electron chi connectivity index (χ4n) is 2.47. The number of hydrogen-bond acceptors (Lipinski definition) is 4. The number of aryl methyl sites for hydroxylation is 1. The summed E-state index contributed by atoms with van der Waals surface area (Å²) in [4.78, 5) is 12.1. The van der Waals surface area contributed by atoms with Crippen molar-refractivity contribution >= 4 is 44.0 Å². The number of aromatic nitrogens is 2. The van der Waals surface area contributed by atoms with Crippen LogP contribution in [0, 0.1) is 6.92 Å². The van der Waals surface area contributed by atoms with Crippen molar-refractivity contribution in [2.45, 2.75) is 13.8 Å². The monoisotopic (exact) mass is 347 g/mol. The minimum atomic E-state index is -0.374. The van der Waals surface area contributed by atoms with Gasteiger partial charge in [0.15, 0.2) is 0 Å². The number of ether oxygens (including phenoxy) is 1. The van der Waals surface area contributed by atoms with Gasteiger partial charge in [-0.25, -0.2) is 9.31 Å². The van der Waals surface area contributed by atoms with E-state index in [1.165, 1.54) is 0 Å². The molecule has 0 unspecified atom stereocenters. The van der Waals surface area contributed by atoms with Gasteiger partial charge in [0.2, 0.25) is 0 Å². The van der Waals surface area contributed by atoms with Crippen molar-refractivity contribution in [3.05, 3.63) is 40.0 Å². The average Bonchev–Trinajstić information content (AvgIpc) is 2.75. The quantitative estimate of drug-likeness (QED) is 0.722. The van der Waals surface area contributed by atoms with Crippen molar-refractivity contribution in [3.63, 3.8) is 0 Å². The summed E-state index contributed by atoms with van der Waals surface area (Å²) in [6.07, 6.45) is 0. The second-order valence-electron chi connectivity index (χ2n) is 4.74. The molecule has 0 spiro atoms. The fraction of sp³-hybridized carbons (Fsp3) is 0.200. The van der Waals surface area contributed by atoms with E-state index in [4.69, 9.17) is 10.5 Å². The molecule has 0 radical (unpaired) electrons. The van der Waals surface area contributed by atoms with Crippen molar-refractivity contribution < 1.29 is 9.53 Å². The van der Waals surface area contributed by atoms with E-state index in [2.05, 4.69) is 21.0 Å². The number of esters is 1. The van der Waals surface area contributed by atoms with Crippen LogP contribution in [0.5, 0.6) is 0 Å². The summed E-state index contributed by atoms with van der Waals surface area (Å²) in [6.45, 7) is 3.89. The van der Waals surface area contributed by atoms with Crippen molar-refractivity contribution in [1.29, 1.82) is 0 Å². The molecular formula is C15H14BrN3O2. The number of rotatable bonds is 2. The number of carbonyl (C=O) groups is 1. The van der Waals surface area contributed by atoms with Gasteiger partial charge in [-0.05, 0) is 38.1 Å². The normalized spacial score (nSPS) is 11.2. The first kappa shape index (κ1) is 13.9. The Labute approximate surface area is 129 Å². The molecule has 0 amide bonds. The molecule has 1 aromatic carbocycles. The van der Waals surface area contributed by atoms with Crippen LogP contribution in [0.1, 0.15) is 23.0 Å². The van der Waals surface area contributed by atoms with Gasteiger partial charge in [-0.1, -0.05) is 15.9 Å². The van der Waals surface area contributed by atoms with Gasteiger partial charge in [0.05, 0.1) is 23.3 Å². The van der Waals surface area contributed by atoms with Crippen LogP contribution < -0.4 is 5.73 Å². The van der Waals surface area contributed by atoms with Crippen molar-refractivity contribution in [3.8, 4) is 0 Å². The minimum Gasteiger partial charge on any atom is -0.462 e. The van der Waals surface area contributed by atoms with E-state index < -0.39 is 0 Å². The zero-order valence-corrected chi connectivity index (χ0v) is 13.3. The number of pyridine rings is 1. The predicted octanol–water partition coefficient (Wildman–Crippen LogP) is 3.32. The molecule has 2 N–H and O–H groups in total. The van der Waals surface area contributed by atoms with E-state index in [-0.39, 0.29) is 5.97 Å². The Hall–Kier alpha value is -2.08. The number of nitrogens with zero attached hydrogens (tertiary/aromatic N) is 2. The standard InChI is InChI=1S/C15H14BrN3O2/c1-3-21-15(20)14-8(2)18-19-12-5-4-9(16)6-10(12)11(17)7-13(14)19/h4-7H,3,17H2,1-2H3. The van der Waals surface area contributed by atoms with E-state index in [9.17, 15) is 4.79 Å². The lowest BCUT2D eigenvalue weighted by molar-refractivity contribution is 0.0528. The smallest absolute Gasteiger partial charge is 0.342 e. The summed E-state index contributed by atoms with van der Waals surface area (Å²) in [5, 5.41) is 5.34. The molecule has 108 valence electrons.